The number of anilines is 2. The van der Waals surface area contributed by atoms with Gasteiger partial charge in [-0.2, -0.15) is 0 Å². The highest BCUT2D eigenvalue weighted by atomic mass is 16.5. The second kappa shape index (κ2) is 10.1. The number of rotatable bonds is 7. The number of hydrogen-bond acceptors (Lipinski definition) is 5. The van der Waals surface area contributed by atoms with Gasteiger partial charge in [-0.05, 0) is 68.1 Å². The summed E-state index contributed by atoms with van der Waals surface area (Å²) in [5.74, 6) is 1.10. The highest BCUT2D eigenvalue weighted by Crippen LogP contribution is 2.35. The van der Waals surface area contributed by atoms with E-state index in [0.717, 1.165) is 26.1 Å². The number of aryl methyl sites for hydroxylation is 1. The van der Waals surface area contributed by atoms with Crippen LogP contribution >= 0.6 is 0 Å². The molecule has 1 unspecified atom stereocenters. The number of para-hydroxylation sites is 1. The first-order valence-corrected chi connectivity index (χ1v) is 11.4. The lowest BCUT2D eigenvalue weighted by Gasteiger charge is -2.32. The van der Waals surface area contributed by atoms with Gasteiger partial charge < -0.3 is 25.0 Å². The monoisotopic (exact) mass is 438 g/mol. The molecule has 2 N–H and O–H groups in total. The maximum atomic E-state index is 12.8. The van der Waals surface area contributed by atoms with E-state index in [1.54, 1.807) is 26.4 Å². The lowest BCUT2D eigenvalue weighted by Crippen LogP contribution is -2.38. The van der Waals surface area contributed by atoms with Gasteiger partial charge in [-0.3, -0.25) is 4.90 Å². The molecule has 0 aromatic heterocycles. The second-order valence-corrected chi connectivity index (χ2v) is 8.55. The molecule has 1 fully saturated rings. The Kier molecular flexibility index (Phi) is 7.05. The van der Waals surface area contributed by atoms with Crippen LogP contribution in [0.1, 0.15) is 36.4 Å². The molecule has 2 heterocycles. The number of nitrogens with zero attached hydrogens (tertiary/aromatic N) is 2. The Morgan fingerprint density at radius 3 is 2.62 bits per heavy atom. The summed E-state index contributed by atoms with van der Waals surface area (Å²) in [6, 6.07) is 12.2. The zero-order valence-electron chi connectivity index (χ0n) is 19.3. The topological polar surface area (TPSA) is 66.1 Å². The smallest absolute Gasteiger partial charge is 0.319 e. The van der Waals surface area contributed by atoms with Crippen LogP contribution in [0, 0.1) is 0 Å². The average molecular weight is 439 g/mol. The average Bonchev–Trinajstić information content (AvgIpc) is 3.33. The van der Waals surface area contributed by atoms with Gasteiger partial charge in [0.05, 0.1) is 25.9 Å². The molecular formula is C25H34N4O3. The van der Waals surface area contributed by atoms with Crippen LogP contribution in [0.5, 0.6) is 11.5 Å². The van der Waals surface area contributed by atoms with E-state index in [2.05, 4.69) is 45.7 Å². The van der Waals surface area contributed by atoms with Crippen molar-refractivity contribution in [3.05, 3.63) is 47.5 Å². The van der Waals surface area contributed by atoms with Gasteiger partial charge in [-0.15, -0.1) is 0 Å². The van der Waals surface area contributed by atoms with Crippen molar-refractivity contribution in [3.63, 3.8) is 0 Å². The number of carbonyl (C=O) groups excluding carboxylic acids is 1. The largest absolute Gasteiger partial charge is 0.493 e. The molecule has 7 heteroatoms. The van der Waals surface area contributed by atoms with Gasteiger partial charge in [-0.25, -0.2) is 4.79 Å². The van der Waals surface area contributed by atoms with Gasteiger partial charge in [0, 0.05) is 25.8 Å². The molecule has 2 aliphatic heterocycles. The van der Waals surface area contributed by atoms with Crippen LogP contribution in [-0.4, -0.2) is 58.4 Å². The predicted molar refractivity (Wildman–Crippen MR) is 128 cm³/mol. The SMILES string of the molecule is COc1cccc(NC(=O)NCC(c2ccc3c(c2)CCCN3C)N2CCCC2)c1OC. The third-order valence-corrected chi connectivity index (χ3v) is 6.53. The van der Waals surface area contributed by atoms with Crippen LogP contribution in [0.4, 0.5) is 16.2 Å². The van der Waals surface area contributed by atoms with Crippen molar-refractivity contribution in [2.75, 3.05) is 57.7 Å². The van der Waals surface area contributed by atoms with E-state index in [1.807, 2.05) is 6.07 Å². The highest BCUT2D eigenvalue weighted by Gasteiger charge is 2.26. The molecule has 0 bridgehead atoms. The van der Waals surface area contributed by atoms with Crippen molar-refractivity contribution in [1.29, 1.82) is 0 Å². The standard InChI is InChI=1S/C25H34N4O3/c1-28-13-7-8-18-16-19(11-12-21(18)28)22(29-14-4-5-15-29)17-26-25(30)27-20-9-6-10-23(31-2)24(20)32-3/h6,9-12,16,22H,4-5,7-8,13-15,17H2,1-3H3,(H2,26,27,30). The van der Waals surface area contributed by atoms with E-state index in [0.29, 0.717) is 23.7 Å². The van der Waals surface area contributed by atoms with Crippen LogP contribution in [0.25, 0.3) is 0 Å². The number of benzene rings is 2. The quantitative estimate of drug-likeness (QED) is 0.683. The summed E-state index contributed by atoms with van der Waals surface area (Å²) in [4.78, 5) is 17.6. The molecule has 0 aliphatic carbocycles. The summed E-state index contributed by atoms with van der Waals surface area (Å²) in [5, 5.41) is 5.99. The molecule has 0 radical (unpaired) electrons. The molecule has 0 spiro atoms. The number of carbonyl (C=O) groups is 1. The molecule has 2 amide bonds. The van der Waals surface area contributed by atoms with Gasteiger partial charge in [0.15, 0.2) is 11.5 Å². The van der Waals surface area contributed by atoms with E-state index in [4.69, 9.17) is 9.47 Å². The Labute approximate surface area is 190 Å². The third-order valence-electron chi connectivity index (χ3n) is 6.53. The molecular weight excluding hydrogens is 404 g/mol. The minimum absolute atomic E-state index is 0.160. The number of methoxy groups -OCH3 is 2. The molecule has 2 aromatic rings. The number of likely N-dealkylation sites (tertiary alicyclic amines) is 1. The molecule has 7 nitrogen and oxygen atoms in total. The summed E-state index contributed by atoms with van der Waals surface area (Å²) in [6.07, 6.45) is 4.71. The molecule has 32 heavy (non-hydrogen) atoms. The lowest BCUT2D eigenvalue weighted by atomic mass is 9.96. The molecule has 2 aromatic carbocycles. The fraction of sp³-hybridized carbons (Fsp3) is 0.480. The Morgan fingerprint density at radius 2 is 1.88 bits per heavy atom. The van der Waals surface area contributed by atoms with Crippen molar-refractivity contribution in [2.24, 2.45) is 0 Å². The van der Waals surface area contributed by atoms with Crippen molar-refractivity contribution in [2.45, 2.75) is 31.7 Å². The van der Waals surface area contributed by atoms with Crippen molar-refractivity contribution >= 4 is 17.4 Å². The number of amides is 2. The summed E-state index contributed by atoms with van der Waals surface area (Å²) < 4.78 is 10.8. The molecule has 1 atom stereocenters. The van der Waals surface area contributed by atoms with E-state index < -0.39 is 0 Å². The minimum Gasteiger partial charge on any atom is -0.493 e. The van der Waals surface area contributed by atoms with Gasteiger partial charge in [-0.1, -0.05) is 18.2 Å². The summed E-state index contributed by atoms with van der Waals surface area (Å²) in [5.41, 5.74) is 4.60. The Morgan fingerprint density at radius 1 is 1.06 bits per heavy atom. The van der Waals surface area contributed by atoms with Crippen molar-refractivity contribution in [3.8, 4) is 11.5 Å². The van der Waals surface area contributed by atoms with E-state index in [9.17, 15) is 4.79 Å². The number of ether oxygens (including phenoxy) is 2. The Bertz CT molecular complexity index is 943. The summed E-state index contributed by atoms with van der Waals surface area (Å²) in [7, 11) is 5.31. The first kappa shape index (κ1) is 22.3. The van der Waals surface area contributed by atoms with Crippen LogP contribution < -0.4 is 25.0 Å². The predicted octanol–water partition coefficient (Wildman–Crippen LogP) is 4.04. The Hall–Kier alpha value is -2.93. The highest BCUT2D eigenvalue weighted by molar-refractivity contribution is 5.91. The zero-order chi connectivity index (χ0) is 22.5. The fourth-order valence-corrected chi connectivity index (χ4v) is 4.86. The first-order valence-electron chi connectivity index (χ1n) is 11.4. The van der Waals surface area contributed by atoms with Crippen LogP contribution in [0.3, 0.4) is 0 Å². The first-order chi connectivity index (χ1) is 15.6. The van der Waals surface area contributed by atoms with Crippen LogP contribution in [-0.2, 0) is 6.42 Å². The van der Waals surface area contributed by atoms with Gasteiger partial charge in [0.25, 0.3) is 0 Å². The van der Waals surface area contributed by atoms with Gasteiger partial charge in [0.2, 0.25) is 0 Å². The maximum Gasteiger partial charge on any atom is 0.319 e. The zero-order valence-corrected chi connectivity index (χ0v) is 19.3. The molecule has 2 aliphatic rings. The summed E-state index contributed by atoms with van der Waals surface area (Å²) in [6.45, 7) is 3.79. The maximum absolute atomic E-state index is 12.8. The van der Waals surface area contributed by atoms with E-state index >= 15 is 0 Å². The molecule has 4 rings (SSSR count). The van der Waals surface area contributed by atoms with Crippen LogP contribution in [0.2, 0.25) is 0 Å². The number of hydrogen-bond donors (Lipinski definition) is 2. The fourth-order valence-electron chi connectivity index (χ4n) is 4.86. The second-order valence-electron chi connectivity index (χ2n) is 8.55. The van der Waals surface area contributed by atoms with Gasteiger partial charge in [0.1, 0.15) is 0 Å². The Balaban J connectivity index is 1.48. The van der Waals surface area contributed by atoms with Crippen molar-refractivity contribution in [1.82, 2.24) is 10.2 Å². The molecule has 1 saturated heterocycles. The van der Waals surface area contributed by atoms with Crippen molar-refractivity contribution < 1.29 is 14.3 Å². The van der Waals surface area contributed by atoms with Gasteiger partial charge >= 0.3 is 6.03 Å². The molecule has 0 saturated carbocycles. The normalized spacial score (nSPS) is 16.9. The number of urea groups is 1. The number of fused-ring (bicyclic) bond motifs is 1. The number of nitrogens with one attached hydrogen (secondary N) is 2. The minimum atomic E-state index is -0.251. The lowest BCUT2D eigenvalue weighted by molar-refractivity contribution is 0.227. The van der Waals surface area contributed by atoms with E-state index in [1.165, 1.54) is 36.1 Å². The third kappa shape index (κ3) is 4.78. The summed E-state index contributed by atoms with van der Waals surface area (Å²) >= 11 is 0. The van der Waals surface area contributed by atoms with Crippen LogP contribution in [0.15, 0.2) is 36.4 Å². The molecule has 172 valence electrons. The van der Waals surface area contributed by atoms with E-state index in [-0.39, 0.29) is 12.1 Å².